The van der Waals surface area contributed by atoms with Crippen molar-refractivity contribution in [3.63, 3.8) is 0 Å². The minimum absolute atomic E-state index is 0.279. The molecule has 0 atom stereocenters. The van der Waals surface area contributed by atoms with Gasteiger partial charge in [-0.2, -0.15) is 0 Å². The smallest absolute Gasteiger partial charge is 0.218 e. The molecule has 0 aromatic heterocycles. The second kappa shape index (κ2) is 5.11. The van der Waals surface area contributed by atoms with Gasteiger partial charge in [-0.05, 0) is 11.6 Å². The zero-order valence-corrected chi connectivity index (χ0v) is 7.79. The standard InChI is InChI=1S/C7H12ClN3O/c1-9-7(8)10-6-11-2-4-12-5-3-11/h6H,2-5H2,1H3. The number of morpholine rings is 1. The minimum Gasteiger partial charge on any atom is -0.378 e. The van der Waals surface area contributed by atoms with Crippen molar-refractivity contribution in [2.24, 2.45) is 9.98 Å². The number of ether oxygens (including phenoxy) is 1. The van der Waals surface area contributed by atoms with Crippen molar-refractivity contribution in [3.05, 3.63) is 0 Å². The molecule has 0 saturated carbocycles. The fourth-order valence-corrected chi connectivity index (χ4v) is 0.924. The average Bonchev–Trinajstić information content (AvgIpc) is 2.16. The summed E-state index contributed by atoms with van der Waals surface area (Å²) in [5, 5.41) is 0.279. The Bertz CT molecular complexity index is 187. The molecule has 0 aromatic rings. The first-order valence-corrected chi connectivity index (χ1v) is 4.19. The Kier molecular flexibility index (Phi) is 4.04. The fraction of sp³-hybridized carbons (Fsp3) is 0.714. The van der Waals surface area contributed by atoms with Crippen molar-refractivity contribution in [3.8, 4) is 0 Å². The third kappa shape index (κ3) is 3.19. The predicted octanol–water partition coefficient (Wildman–Crippen LogP) is 0.572. The maximum absolute atomic E-state index is 5.58. The van der Waals surface area contributed by atoms with Gasteiger partial charge >= 0.3 is 0 Å². The van der Waals surface area contributed by atoms with E-state index in [2.05, 4.69) is 14.9 Å². The number of rotatable bonds is 1. The predicted molar refractivity (Wildman–Crippen MR) is 50.1 cm³/mol. The van der Waals surface area contributed by atoms with Gasteiger partial charge in [0, 0.05) is 20.1 Å². The van der Waals surface area contributed by atoms with Crippen LogP contribution < -0.4 is 0 Å². The highest BCUT2D eigenvalue weighted by molar-refractivity contribution is 6.65. The van der Waals surface area contributed by atoms with Crippen molar-refractivity contribution in [1.82, 2.24) is 4.90 Å². The van der Waals surface area contributed by atoms with E-state index in [0.29, 0.717) is 0 Å². The van der Waals surface area contributed by atoms with E-state index in [1.165, 1.54) is 0 Å². The summed E-state index contributed by atoms with van der Waals surface area (Å²) in [6.07, 6.45) is 1.71. The lowest BCUT2D eigenvalue weighted by Crippen LogP contribution is -2.35. The van der Waals surface area contributed by atoms with E-state index < -0.39 is 0 Å². The first-order chi connectivity index (χ1) is 5.83. The fourth-order valence-electron chi connectivity index (χ4n) is 0.880. The molecular formula is C7H12ClN3O. The molecule has 0 bridgehead atoms. The molecule has 0 aliphatic carbocycles. The zero-order valence-electron chi connectivity index (χ0n) is 7.03. The summed E-state index contributed by atoms with van der Waals surface area (Å²) in [5.74, 6) is 0. The normalized spacial score (nSPS) is 20.5. The Morgan fingerprint density at radius 2 is 2.17 bits per heavy atom. The molecule has 0 radical (unpaired) electrons. The Morgan fingerprint density at radius 3 is 2.75 bits per heavy atom. The number of hydrogen-bond acceptors (Lipinski definition) is 2. The highest BCUT2D eigenvalue weighted by Crippen LogP contribution is 1.94. The Labute approximate surface area is 76.9 Å². The van der Waals surface area contributed by atoms with Crippen LogP contribution in [0.5, 0.6) is 0 Å². The molecule has 68 valence electrons. The second-order valence-electron chi connectivity index (χ2n) is 2.39. The van der Waals surface area contributed by atoms with E-state index in [9.17, 15) is 0 Å². The number of amidine groups is 1. The van der Waals surface area contributed by atoms with E-state index in [-0.39, 0.29) is 5.29 Å². The maximum atomic E-state index is 5.58. The summed E-state index contributed by atoms with van der Waals surface area (Å²) in [6.45, 7) is 3.26. The third-order valence-corrected chi connectivity index (χ3v) is 1.82. The Morgan fingerprint density at radius 1 is 1.50 bits per heavy atom. The summed E-state index contributed by atoms with van der Waals surface area (Å²) in [4.78, 5) is 9.68. The van der Waals surface area contributed by atoms with Crippen molar-refractivity contribution >= 4 is 23.2 Å². The van der Waals surface area contributed by atoms with Gasteiger partial charge in [0.05, 0.1) is 19.6 Å². The highest BCUT2D eigenvalue weighted by atomic mass is 35.5. The van der Waals surface area contributed by atoms with Crippen molar-refractivity contribution in [1.29, 1.82) is 0 Å². The van der Waals surface area contributed by atoms with Gasteiger partial charge in [0.15, 0.2) is 0 Å². The molecule has 1 fully saturated rings. The number of aliphatic imine (C=N–C) groups is 2. The van der Waals surface area contributed by atoms with Crippen LogP contribution in [-0.2, 0) is 4.74 Å². The zero-order chi connectivity index (χ0) is 8.81. The molecule has 1 heterocycles. The van der Waals surface area contributed by atoms with E-state index in [1.54, 1.807) is 13.4 Å². The van der Waals surface area contributed by atoms with Crippen molar-refractivity contribution in [2.45, 2.75) is 0 Å². The molecule has 0 amide bonds. The molecule has 0 N–H and O–H groups in total. The maximum Gasteiger partial charge on any atom is 0.218 e. The first-order valence-electron chi connectivity index (χ1n) is 3.81. The van der Waals surface area contributed by atoms with Gasteiger partial charge in [0.1, 0.15) is 0 Å². The van der Waals surface area contributed by atoms with Gasteiger partial charge in [-0.1, -0.05) is 0 Å². The summed E-state index contributed by atoms with van der Waals surface area (Å²) in [5.41, 5.74) is 0. The van der Waals surface area contributed by atoms with Crippen LogP contribution in [0, 0.1) is 0 Å². The van der Waals surface area contributed by atoms with Crippen LogP contribution >= 0.6 is 11.6 Å². The van der Waals surface area contributed by atoms with Gasteiger partial charge in [0.25, 0.3) is 0 Å². The summed E-state index contributed by atoms with van der Waals surface area (Å²) in [6, 6.07) is 0. The lowest BCUT2D eigenvalue weighted by atomic mass is 10.5. The molecule has 1 aliphatic heterocycles. The van der Waals surface area contributed by atoms with Crippen LogP contribution in [0.4, 0.5) is 0 Å². The van der Waals surface area contributed by atoms with Gasteiger partial charge in [-0.15, -0.1) is 0 Å². The molecule has 1 saturated heterocycles. The molecule has 5 heteroatoms. The van der Waals surface area contributed by atoms with E-state index in [1.807, 2.05) is 0 Å². The van der Waals surface area contributed by atoms with Crippen molar-refractivity contribution in [2.75, 3.05) is 33.4 Å². The molecule has 1 aliphatic rings. The van der Waals surface area contributed by atoms with E-state index >= 15 is 0 Å². The highest BCUT2D eigenvalue weighted by Gasteiger charge is 2.05. The van der Waals surface area contributed by atoms with Gasteiger partial charge < -0.3 is 9.64 Å². The lowest BCUT2D eigenvalue weighted by molar-refractivity contribution is 0.0701. The summed E-state index contributed by atoms with van der Waals surface area (Å²) >= 11 is 5.58. The molecule has 1 rings (SSSR count). The van der Waals surface area contributed by atoms with Crippen LogP contribution in [0.3, 0.4) is 0 Å². The van der Waals surface area contributed by atoms with E-state index in [4.69, 9.17) is 16.3 Å². The molecule has 0 unspecified atom stereocenters. The average molecular weight is 190 g/mol. The van der Waals surface area contributed by atoms with Crippen LogP contribution in [0.2, 0.25) is 0 Å². The molecule has 0 aromatic carbocycles. The largest absolute Gasteiger partial charge is 0.378 e. The van der Waals surface area contributed by atoms with Gasteiger partial charge in [0.2, 0.25) is 5.29 Å². The SMILES string of the molecule is CN=C(Cl)N=CN1CCOCC1. The number of hydrogen-bond donors (Lipinski definition) is 0. The molecular weight excluding hydrogens is 178 g/mol. The quantitative estimate of drug-likeness (QED) is 0.344. The molecule has 12 heavy (non-hydrogen) atoms. The Hall–Kier alpha value is -0.610. The number of nitrogens with zero attached hydrogens (tertiary/aromatic N) is 3. The van der Waals surface area contributed by atoms with Crippen LogP contribution in [0.15, 0.2) is 9.98 Å². The van der Waals surface area contributed by atoms with Gasteiger partial charge in [-0.3, -0.25) is 4.99 Å². The Balaban J connectivity index is 2.33. The topological polar surface area (TPSA) is 37.2 Å². The molecule has 0 spiro atoms. The van der Waals surface area contributed by atoms with E-state index in [0.717, 1.165) is 26.3 Å². The molecule has 4 nitrogen and oxygen atoms in total. The lowest BCUT2D eigenvalue weighted by Gasteiger charge is -2.23. The first kappa shape index (κ1) is 9.48. The third-order valence-electron chi connectivity index (χ3n) is 1.56. The van der Waals surface area contributed by atoms with Crippen molar-refractivity contribution < 1.29 is 4.74 Å². The minimum atomic E-state index is 0.279. The summed E-state index contributed by atoms with van der Waals surface area (Å²) in [7, 11) is 1.61. The second-order valence-corrected chi connectivity index (χ2v) is 2.72. The van der Waals surface area contributed by atoms with Gasteiger partial charge in [-0.25, -0.2) is 4.99 Å². The van der Waals surface area contributed by atoms with Crippen LogP contribution in [0.25, 0.3) is 0 Å². The number of halogens is 1. The van der Waals surface area contributed by atoms with Crippen LogP contribution in [-0.4, -0.2) is 49.9 Å². The monoisotopic (exact) mass is 189 g/mol. The van der Waals surface area contributed by atoms with Crippen LogP contribution in [0.1, 0.15) is 0 Å². The summed E-state index contributed by atoms with van der Waals surface area (Å²) < 4.78 is 5.17.